The summed E-state index contributed by atoms with van der Waals surface area (Å²) in [7, 11) is 0. The molecule has 1 N–H and O–H groups in total. The second-order valence-electron chi connectivity index (χ2n) is 8.93. The number of hydrogen-bond donors (Lipinski definition) is 1. The maximum Gasteiger partial charge on any atom is 0.410 e. The summed E-state index contributed by atoms with van der Waals surface area (Å²) in [6, 6.07) is 4.20. The van der Waals surface area contributed by atoms with E-state index >= 15 is 0 Å². The molecular weight excluding hydrogens is 382 g/mol. The second-order valence-corrected chi connectivity index (χ2v) is 8.93. The Morgan fingerprint density at radius 2 is 1.83 bits per heavy atom. The first-order valence-electron chi connectivity index (χ1n) is 10.6. The van der Waals surface area contributed by atoms with Gasteiger partial charge in [-0.1, -0.05) is 5.11 Å². The van der Waals surface area contributed by atoms with Gasteiger partial charge in [0, 0.05) is 75.2 Å². The number of piperazine rings is 2. The van der Waals surface area contributed by atoms with Crippen molar-refractivity contribution in [2.24, 2.45) is 5.11 Å². The Hall–Kier alpha value is -2.48. The molecule has 2 saturated heterocycles. The average molecular weight is 416 g/mol. The number of amides is 1. The molecule has 30 heavy (non-hydrogen) atoms. The number of nitrogens with zero attached hydrogens (tertiary/aromatic N) is 6. The van der Waals surface area contributed by atoms with Crippen LogP contribution in [0.15, 0.2) is 17.2 Å². The molecule has 0 atom stereocenters. The zero-order valence-corrected chi connectivity index (χ0v) is 18.5. The van der Waals surface area contributed by atoms with Crippen molar-refractivity contribution >= 4 is 17.5 Å². The number of carbonyl (C=O) groups excluding carboxylic acids is 1. The van der Waals surface area contributed by atoms with Gasteiger partial charge in [0.1, 0.15) is 5.60 Å². The third-order valence-electron chi connectivity index (χ3n) is 5.45. The van der Waals surface area contributed by atoms with Crippen LogP contribution in [0.5, 0.6) is 0 Å². The van der Waals surface area contributed by atoms with Crippen LogP contribution in [0.1, 0.15) is 31.9 Å². The summed E-state index contributed by atoms with van der Waals surface area (Å²) in [5, 5.41) is 7.31. The van der Waals surface area contributed by atoms with Gasteiger partial charge in [-0.15, -0.1) is 0 Å². The van der Waals surface area contributed by atoms with Crippen molar-refractivity contribution in [3.8, 4) is 0 Å². The van der Waals surface area contributed by atoms with Gasteiger partial charge in [-0.3, -0.25) is 4.90 Å². The van der Waals surface area contributed by atoms with E-state index < -0.39 is 5.60 Å². The minimum Gasteiger partial charge on any atom is -0.444 e. The van der Waals surface area contributed by atoms with Gasteiger partial charge in [0.15, 0.2) is 0 Å². The van der Waals surface area contributed by atoms with Crippen molar-refractivity contribution in [3.05, 3.63) is 33.7 Å². The maximum absolute atomic E-state index is 12.4. The predicted molar refractivity (Wildman–Crippen MR) is 118 cm³/mol. The highest BCUT2D eigenvalue weighted by Crippen LogP contribution is 2.32. The van der Waals surface area contributed by atoms with E-state index in [4.69, 9.17) is 10.3 Å². The molecule has 1 aromatic rings. The normalized spacial score (nSPS) is 18.1. The zero-order chi connectivity index (χ0) is 21.7. The molecule has 1 amide bonds. The molecule has 2 aliphatic rings. The number of benzene rings is 1. The lowest BCUT2D eigenvalue weighted by Gasteiger charge is -2.38. The van der Waals surface area contributed by atoms with Crippen LogP contribution in [0.25, 0.3) is 10.4 Å². The highest BCUT2D eigenvalue weighted by atomic mass is 16.6. The molecule has 0 aliphatic carbocycles. The summed E-state index contributed by atoms with van der Waals surface area (Å²) >= 11 is 0. The quantitative estimate of drug-likeness (QED) is 0.462. The summed E-state index contributed by atoms with van der Waals surface area (Å²) in [6.45, 7) is 15.1. The molecule has 0 radical (unpaired) electrons. The molecule has 2 heterocycles. The Bertz CT molecular complexity index is 800. The first-order chi connectivity index (χ1) is 14.3. The number of hydrogen-bond acceptors (Lipinski definition) is 6. The third kappa shape index (κ3) is 5.78. The van der Waals surface area contributed by atoms with Crippen LogP contribution in [0.3, 0.4) is 0 Å². The van der Waals surface area contributed by atoms with Gasteiger partial charge < -0.3 is 19.9 Å². The Labute approximate surface area is 178 Å². The summed E-state index contributed by atoms with van der Waals surface area (Å²) in [5.74, 6) is 0. The fourth-order valence-corrected chi connectivity index (χ4v) is 3.90. The number of anilines is 1. The topological polar surface area (TPSA) is 96.8 Å². The molecule has 9 heteroatoms. The van der Waals surface area contributed by atoms with Gasteiger partial charge in [-0.25, -0.2) is 4.79 Å². The smallest absolute Gasteiger partial charge is 0.410 e. The summed E-state index contributed by atoms with van der Waals surface area (Å²) < 4.78 is 5.50. The molecule has 2 fully saturated rings. The van der Waals surface area contributed by atoms with E-state index in [9.17, 15) is 4.79 Å². The molecule has 3 rings (SSSR count). The van der Waals surface area contributed by atoms with Crippen molar-refractivity contribution in [2.75, 3.05) is 57.3 Å². The number of ether oxygens (including phenoxy) is 1. The Morgan fingerprint density at radius 1 is 1.17 bits per heavy atom. The highest BCUT2D eigenvalue weighted by Gasteiger charge is 2.27. The van der Waals surface area contributed by atoms with Crippen LogP contribution in [-0.2, 0) is 11.3 Å². The highest BCUT2D eigenvalue weighted by molar-refractivity contribution is 5.70. The SMILES string of the molecule is Cc1c(N=[N+]=[N-])cc(CN2CCNCC2)cc1N1CCN(C(=O)OC(C)(C)C)CC1. The van der Waals surface area contributed by atoms with Gasteiger partial charge >= 0.3 is 6.09 Å². The monoisotopic (exact) mass is 415 g/mol. The zero-order valence-electron chi connectivity index (χ0n) is 18.5. The number of nitrogens with one attached hydrogen (secondary N) is 1. The van der Waals surface area contributed by atoms with Crippen LogP contribution in [0.4, 0.5) is 16.2 Å². The average Bonchev–Trinajstić information content (AvgIpc) is 2.70. The van der Waals surface area contributed by atoms with Gasteiger partial charge in [-0.2, -0.15) is 0 Å². The van der Waals surface area contributed by atoms with Gasteiger partial charge in [0.05, 0.1) is 0 Å². The van der Waals surface area contributed by atoms with Crippen LogP contribution < -0.4 is 10.2 Å². The largest absolute Gasteiger partial charge is 0.444 e. The van der Waals surface area contributed by atoms with Gasteiger partial charge in [0.25, 0.3) is 0 Å². The van der Waals surface area contributed by atoms with E-state index in [1.165, 1.54) is 0 Å². The van der Waals surface area contributed by atoms with Crippen molar-refractivity contribution in [1.29, 1.82) is 0 Å². The molecule has 0 aromatic heterocycles. The van der Waals surface area contributed by atoms with E-state index in [0.717, 1.165) is 49.5 Å². The van der Waals surface area contributed by atoms with Crippen LogP contribution in [0, 0.1) is 6.92 Å². The van der Waals surface area contributed by atoms with E-state index in [1.54, 1.807) is 4.90 Å². The molecule has 0 saturated carbocycles. The minimum atomic E-state index is -0.493. The minimum absolute atomic E-state index is 0.263. The van der Waals surface area contributed by atoms with E-state index in [-0.39, 0.29) is 6.09 Å². The fraction of sp³-hybridized carbons (Fsp3) is 0.667. The predicted octanol–water partition coefficient (Wildman–Crippen LogP) is 3.40. The lowest BCUT2D eigenvalue weighted by molar-refractivity contribution is 0.0240. The Kier molecular flexibility index (Phi) is 7.07. The fourth-order valence-electron chi connectivity index (χ4n) is 3.90. The number of azide groups is 1. The Morgan fingerprint density at radius 3 is 2.43 bits per heavy atom. The summed E-state index contributed by atoms with van der Waals surface area (Å²) in [4.78, 5) is 21.8. The van der Waals surface area contributed by atoms with Crippen LogP contribution in [0.2, 0.25) is 0 Å². The van der Waals surface area contributed by atoms with Crippen molar-refractivity contribution in [1.82, 2.24) is 15.1 Å². The van der Waals surface area contributed by atoms with Gasteiger partial charge in [0.2, 0.25) is 0 Å². The number of rotatable bonds is 4. The van der Waals surface area contributed by atoms with Crippen molar-refractivity contribution < 1.29 is 9.53 Å². The molecule has 164 valence electrons. The first-order valence-corrected chi connectivity index (χ1v) is 10.6. The van der Waals surface area contributed by atoms with E-state index in [1.807, 2.05) is 33.8 Å². The summed E-state index contributed by atoms with van der Waals surface area (Å²) in [6.07, 6.45) is -0.263. The molecule has 1 aromatic carbocycles. The van der Waals surface area contributed by atoms with Crippen molar-refractivity contribution in [3.63, 3.8) is 0 Å². The molecule has 9 nitrogen and oxygen atoms in total. The van der Waals surface area contributed by atoms with Crippen LogP contribution in [-0.4, -0.2) is 73.9 Å². The number of carbonyl (C=O) groups is 1. The standard InChI is InChI=1S/C21H33N7O2/c1-16-18(24-25-22)13-17(15-26-7-5-23-6-8-26)14-19(16)27-9-11-28(12-10-27)20(29)30-21(2,3)4/h13-14,23H,5-12,15H2,1-4H3. The summed E-state index contributed by atoms with van der Waals surface area (Å²) in [5.41, 5.74) is 12.4. The lowest BCUT2D eigenvalue weighted by atomic mass is 10.0. The maximum atomic E-state index is 12.4. The first kappa shape index (κ1) is 22.2. The molecule has 2 aliphatic heterocycles. The lowest BCUT2D eigenvalue weighted by Crippen LogP contribution is -2.50. The van der Waals surface area contributed by atoms with Crippen molar-refractivity contribution in [2.45, 2.75) is 39.8 Å². The Balaban J connectivity index is 1.74. The molecule has 0 spiro atoms. The second kappa shape index (κ2) is 9.55. The van der Waals surface area contributed by atoms with E-state index in [2.05, 4.69) is 31.2 Å². The van der Waals surface area contributed by atoms with Gasteiger partial charge in [-0.05, 0) is 56.5 Å². The molecule has 0 unspecified atom stereocenters. The third-order valence-corrected chi connectivity index (χ3v) is 5.45. The van der Waals surface area contributed by atoms with Crippen LogP contribution >= 0.6 is 0 Å². The van der Waals surface area contributed by atoms with E-state index in [0.29, 0.717) is 31.9 Å². The molecular formula is C21H33N7O2. The molecule has 0 bridgehead atoms.